The molecule has 1 heterocycles. The van der Waals surface area contributed by atoms with Gasteiger partial charge in [0, 0.05) is 0 Å². The molecule has 1 aliphatic rings. The molecule has 0 spiro atoms. The molecular weight excluding hydrogens is 282 g/mol. The Labute approximate surface area is 134 Å². The summed E-state index contributed by atoms with van der Waals surface area (Å²) in [5.41, 5.74) is 1.44. The molecule has 3 heteroatoms. The van der Waals surface area contributed by atoms with Crippen molar-refractivity contribution in [3.05, 3.63) is 28.8 Å². The van der Waals surface area contributed by atoms with Crippen LogP contribution in [0.15, 0.2) is 18.2 Å². The molecule has 0 atom stereocenters. The molecule has 1 fully saturated rings. The minimum atomic E-state index is 0.164. The van der Waals surface area contributed by atoms with Crippen LogP contribution in [-0.4, -0.2) is 19.7 Å². The van der Waals surface area contributed by atoms with Crippen LogP contribution < -0.4 is 10.1 Å². The van der Waals surface area contributed by atoms with Crippen LogP contribution in [0.25, 0.3) is 0 Å². The summed E-state index contributed by atoms with van der Waals surface area (Å²) in [6.45, 7) is 9.75. The second-order valence-corrected chi connectivity index (χ2v) is 7.12. The summed E-state index contributed by atoms with van der Waals surface area (Å²) in [6, 6.07) is 6.23. The van der Waals surface area contributed by atoms with Gasteiger partial charge in [-0.2, -0.15) is 0 Å². The van der Waals surface area contributed by atoms with Crippen LogP contribution in [0.4, 0.5) is 0 Å². The third kappa shape index (κ3) is 4.62. The van der Waals surface area contributed by atoms with Gasteiger partial charge in [-0.1, -0.05) is 38.4 Å². The number of halogens is 1. The third-order valence-electron chi connectivity index (χ3n) is 4.84. The maximum absolute atomic E-state index is 6.38. The number of hydrogen-bond donors (Lipinski definition) is 1. The first-order valence-electron chi connectivity index (χ1n) is 8.16. The lowest BCUT2D eigenvalue weighted by Crippen LogP contribution is -2.28. The Balaban J connectivity index is 1.89. The monoisotopic (exact) mass is 309 g/mol. The van der Waals surface area contributed by atoms with Crippen molar-refractivity contribution in [1.82, 2.24) is 5.32 Å². The van der Waals surface area contributed by atoms with E-state index in [0.29, 0.717) is 0 Å². The normalized spacial score (nSPS) is 17.0. The van der Waals surface area contributed by atoms with Gasteiger partial charge in [-0.3, -0.25) is 0 Å². The first kappa shape index (κ1) is 16.6. The molecule has 0 aliphatic carbocycles. The molecule has 0 saturated carbocycles. The fourth-order valence-corrected chi connectivity index (χ4v) is 2.98. The molecule has 0 unspecified atom stereocenters. The number of piperidine rings is 1. The summed E-state index contributed by atoms with van der Waals surface area (Å²) in [5, 5.41) is 4.13. The van der Waals surface area contributed by atoms with E-state index in [2.05, 4.69) is 38.2 Å². The molecular formula is C18H28ClNO. The Hall–Kier alpha value is -0.730. The van der Waals surface area contributed by atoms with Gasteiger partial charge in [-0.15, -0.1) is 0 Å². The zero-order valence-electron chi connectivity index (χ0n) is 13.5. The van der Waals surface area contributed by atoms with Gasteiger partial charge >= 0.3 is 0 Å². The number of hydrogen-bond acceptors (Lipinski definition) is 2. The Bertz CT molecular complexity index is 453. The topological polar surface area (TPSA) is 21.3 Å². The van der Waals surface area contributed by atoms with Crippen molar-refractivity contribution in [2.24, 2.45) is 5.92 Å². The van der Waals surface area contributed by atoms with Crippen LogP contribution in [-0.2, 0) is 5.41 Å². The molecule has 1 aliphatic heterocycles. The molecule has 0 radical (unpaired) electrons. The Kier molecular flexibility index (Phi) is 5.95. The summed E-state index contributed by atoms with van der Waals surface area (Å²) in [5.74, 6) is 1.62. The van der Waals surface area contributed by atoms with Gasteiger partial charge < -0.3 is 10.1 Å². The highest BCUT2D eigenvalue weighted by atomic mass is 35.5. The largest absolute Gasteiger partial charge is 0.492 e. The molecule has 0 bridgehead atoms. The lowest BCUT2D eigenvalue weighted by molar-refractivity contribution is 0.252. The van der Waals surface area contributed by atoms with E-state index in [4.69, 9.17) is 16.3 Å². The number of benzene rings is 1. The quantitative estimate of drug-likeness (QED) is 0.815. The van der Waals surface area contributed by atoms with Crippen molar-refractivity contribution >= 4 is 11.6 Å². The van der Waals surface area contributed by atoms with Gasteiger partial charge in [0.2, 0.25) is 0 Å². The van der Waals surface area contributed by atoms with Crippen molar-refractivity contribution < 1.29 is 4.74 Å². The molecule has 21 heavy (non-hydrogen) atoms. The van der Waals surface area contributed by atoms with E-state index in [1.54, 1.807) is 0 Å². The first-order valence-corrected chi connectivity index (χ1v) is 8.54. The van der Waals surface area contributed by atoms with E-state index in [9.17, 15) is 0 Å². The summed E-state index contributed by atoms with van der Waals surface area (Å²) in [6.07, 6.45) is 4.75. The van der Waals surface area contributed by atoms with Crippen molar-refractivity contribution in [2.45, 2.75) is 51.9 Å². The van der Waals surface area contributed by atoms with E-state index in [0.717, 1.165) is 49.2 Å². The average Bonchev–Trinajstić information content (AvgIpc) is 2.50. The standard InChI is InChI=1S/C18H28ClNO/c1-4-18(2,3)15-5-6-17(16(19)13-15)21-12-9-14-7-10-20-11-8-14/h5-6,13-14,20H,4,7-12H2,1-3H3. The molecule has 1 saturated heterocycles. The van der Waals surface area contributed by atoms with Gasteiger partial charge in [0.15, 0.2) is 0 Å². The van der Waals surface area contributed by atoms with E-state index >= 15 is 0 Å². The minimum absolute atomic E-state index is 0.164. The van der Waals surface area contributed by atoms with E-state index in [1.807, 2.05) is 6.07 Å². The fourth-order valence-electron chi connectivity index (χ4n) is 2.75. The van der Waals surface area contributed by atoms with Crippen molar-refractivity contribution in [2.75, 3.05) is 19.7 Å². The molecule has 2 nitrogen and oxygen atoms in total. The molecule has 118 valence electrons. The maximum atomic E-state index is 6.38. The zero-order chi connectivity index (χ0) is 15.3. The maximum Gasteiger partial charge on any atom is 0.137 e. The average molecular weight is 310 g/mol. The summed E-state index contributed by atoms with van der Waals surface area (Å²) in [7, 11) is 0. The second-order valence-electron chi connectivity index (χ2n) is 6.71. The number of nitrogens with one attached hydrogen (secondary N) is 1. The van der Waals surface area contributed by atoms with Crippen LogP contribution in [0.5, 0.6) is 5.75 Å². The Morgan fingerprint density at radius 1 is 1.29 bits per heavy atom. The van der Waals surface area contributed by atoms with Gasteiger partial charge in [0.25, 0.3) is 0 Å². The first-order chi connectivity index (χ1) is 10.0. The third-order valence-corrected chi connectivity index (χ3v) is 5.13. The Morgan fingerprint density at radius 3 is 2.62 bits per heavy atom. The van der Waals surface area contributed by atoms with E-state index in [1.165, 1.54) is 18.4 Å². The molecule has 0 amide bonds. The molecule has 1 aromatic carbocycles. The summed E-state index contributed by atoms with van der Waals surface area (Å²) in [4.78, 5) is 0. The highest BCUT2D eigenvalue weighted by Gasteiger charge is 2.19. The number of rotatable bonds is 6. The SMILES string of the molecule is CCC(C)(C)c1ccc(OCCC2CCNCC2)c(Cl)c1. The van der Waals surface area contributed by atoms with Gasteiger partial charge in [-0.05, 0) is 67.8 Å². The van der Waals surface area contributed by atoms with Gasteiger partial charge in [0.05, 0.1) is 11.6 Å². The van der Waals surface area contributed by atoms with Crippen molar-refractivity contribution in [3.8, 4) is 5.75 Å². The van der Waals surface area contributed by atoms with Gasteiger partial charge in [0.1, 0.15) is 5.75 Å². The highest BCUT2D eigenvalue weighted by Crippen LogP contribution is 2.33. The predicted molar refractivity (Wildman–Crippen MR) is 90.5 cm³/mol. The zero-order valence-corrected chi connectivity index (χ0v) is 14.3. The molecule has 2 rings (SSSR count). The van der Waals surface area contributed by atoms with E-state index in [-0.39, 0.29) is 5.41 Å². The van der Waals surface area contributed by atoms with Crippen molar-refractivity contribution in [1.29, 1.82) is 0 Å². The van der Waals surface area contributed by atoms with Crippen LogP contribution in [0.1, 0.15) is 52.0 Å². The molecule has 0 aromatic heterocycles. The summed E-state index contributed by atoms with van der Waals surface area (Å²) >= 11 is 6.38. The van der Waals surface area contributed by atoms with Crippen LogP contribution in [0, 0.1) is 5.92 Å². The van der Waals surface area contributed by atoms with Crippen LogP contribution >= 0.6 is 11.6 Å². The van der Waals surface area contributed by atoms with Crippen LogP contribution in [0.3, 0.4) is 0 Å². The second kappa shape index (κ2) is 7.51. The summed E-state index contributed by atoms with van der Waals surface area (Å²) < 4.78 is 5.89. The van der Waals surface area contributed by atoms with Crippen LogP contribution in [0.2, 0.25) is 5.02 Å². The smallest absolute Gasteiger partial charge is 0.137 e. The van der Waals surface area contributed by atoms with Crippen molar-refractivity contribution in [3.63, 3.8) is 0 Å². The number of ether oxygens (including phenoxy) is 1. The Morgan fingerprint density at radius 2 is 2.00 bits per heavy atom. The highest BCUT2D eigenvalue weighted by molar-refractivity contribution is 6.32. The molecule has 1 N–H and O–H groups in total. The lowest BCUT2D eigenvalue weighted by Gasteiger charge is -2.24. The van der Waals surface area contributed by atoms with E-state index < -0.39 is 0 Å². The predicted octanol–water partition coefficient (Wildman–Crippen LogP) is 4.80. The fraction of sp³-hybridized carbons (Fsp3) is 0.667. The molecule has 1 aromatic rings. The minimum Gasteiger partial charge on any atom is -0.492 e. The van der Waals surface area contributed by atoms with Gasteiger partial charge in [-0.25, -0.2) is 0 Å². The lowest BCUT2D eigenvalue weighted by atomic mass is 9.82.